The van der Waals surface area contributed by atoms with E-state index >= 15 is 0 Å². The van der Waals surface area contributed by atoms with Gasteiger partial charge in [0.15, 0.2) is 0 Å². The maximum absolute atomic E-state index is 4.53. The molecule has 4 unspecified atom stereocenters. The molecule has 4 aliphatic rings. The van der Waals surface area contributed by atoms with Crippen molar-refractivity contribution in [3.63, 3.8) is 0 Å². The molecular weight excluding hydrogens is 346 g/mol. The minimum Gasteiger partial charge on any atom is -0.302 e. The van der Waals surface area contributed by atoms with Crippen LogP contribution in [0, 0.1) is 42.4 Å². The van der Waals surface area contributed by atoms with Crippen LogP contribution in [-0.4, -0.2) is 44.5 Å². The Morgan fingerprint density at radius 2 is 1.93 bits per heavy atom. The summed E-state index contributed by atoms with van der Waals surface area (Å²) >= 11 is 0. The molecule has 0 spiro atoms. The van der Waals surface area contributed by atoms with Crippen molar-refractivity contribution in [2.75, 3.05) is 19.6 Å². The summed E-state index contributed by atoms with van der Waals surface area (Å²) in [5, 5.41) is 13.4. The Hall–Kier alpha value is -2.01. The first kappa shape index (κ1) is 16.9. The lowest BCUT2D eigenvalue weighted by molar-refractivity contribution is 0.223. The van der Waals surface area contributed by atoms with Crippen molar-refractivity contribution in [3.05, 3.63) is 41.9 Å². The summed E-state index contributed by atoms with van der Waals surface area (Å²) in [5.74, 6) is 5.34. The van der Waals surface area contributed by atoms with Gasteiger partial charge < -0.3 is 4.90 Å². The van der Waals surface area contributed by atoms with E-state index in [0.29, 0.717) is 0 Å². The van der Waals surface area contributed by atoms with E-state index in [2.05, 4.69) is 44.5 Å². The highest BCUT2D eigenvalue weighted by Gasteiger charge is 2.55. The summed E-state index contributed by atoms with van der Waals surface area (Å²) in [6, 6.07) is 4.28. The maximum Gasteiger partial charge on any atom is 0.0964 e. The number of fused-ring (bicyclic) bond motifs is 3. The summed E-state index contributed by atoms with van der Waals surface area (Å²) in [5.41, 5.74) is 4.16. The minimum absolute atomic E-state index is 0.830. The fourth-order valence-corrected chi connectivity index (χ4v) is 6.33. The van der Waals surface area contributed by atoms with Crippen LogP contribution in [-0.2, 0) is 13.5 Å². The molecular formula is C23H29N5. The smallest absolute Gasteiger partial charge is 0.0964 e. The molecule has 0 radical (unpaired) electrons. The second kappa shape index (κ2) is 6.24. The summed E-state index contributed by atoms with van der Waals surface area (Å²) in [6.45, 7) is 5.99. The van der Waals surface area contributed by atoms with Gasteiger partial charge in [-0.1, -0.05) is 12.2 Å². The zero-order valence-electron chi connectivity index (χ0n) is 16.8. The molecule has 28 heavy (non-hydrogen) atoms. The Balaban J connectivity index is 1.03. The van der Waals surface area contributed by atoms with Gasteiger partial charge >= 0.3 is 0 Å². The standard InChI is InChI=1S/C23H29N5/c1-14-20(11-27(2)26-14)23-6-5-18(24-25-23)9-19-21-12-28(13-22(19)21)10-17-8-15-3-4-16(17)7-15/h3-6,11,15-17,19,21-22H,7-10,12-13H2,1-2H3/t15?,16?,17?,19?,21-,22+. The monoisotopic (exact) mass is 375 g/mol. The van der Waals surface area contributed by atoms with Crippen molar-refractivity contribution >= 4 is 0 Å². The zero-order chi connectivity index (χ0) is 18.8. The average molecular weight is 376 g/mol. The number of rotatable bonds is 5. The summed E-state index contributed by atoms with van der Waals surface area (Å²) in [4.78, 5) is 2.75. The summed E-state index contributed by atoms with van der Waals surface area (Å²) in [6.07, 6.45) is 10.9. The van der Waals surface area contributed by atoms with E-state index in [1.165, 1.54) is 32.5 Å². The van der Waals surface area contributed by atoms with Gasteiger partial charge in [-0.3, -0.25) is 4.68 Å². The minimum atomic E-state index is 0.830. The molecule has 0 amide bonds. The largest absolute Gasteiger partial charge is 0.302 e. The van der Waals surface area contributed by atoms with Gasteiger partial charge in [0.25, 0.3) is 0 Å². The third-order valence-electron chi connectivity index (χ3n) is 7.81. The molecule has 5 nitrogen and oxygen atoms in total. The van der Waals surface area contributed by atoms with E-state index in [-0.39, 0.29) is 0 Å². The molecule has 6 rings (SSSR count). The average Bonchev–Trinajstić information content (AvgIpc) is 3.22. The van der Waals surface area contributed by atoms with Crippen LogP contribution in [0.4, 0.5) is 0 Å². The van der Waals surface area contributed by atoms with Crippen molar-refractivity contribution in [2.45, 2.75) is 26.2 Å². The lowest BCUT2D eigenvalue weighted by Crippen LogP contribution is -2.32. The number of likely N-dealkylation sites (tertiary alicyclic amines) is 1. The van der Waals surface area contributed by atoms with E-state index in [1.807, 2.05) is 24.9 Å². The SMILES string of the molecule is Cc1nn(C)cc1-c1ccc(CC2[C@H]3CN(CC4CC5C=CC4C5)C[C@@H]23)nn1. The Bertz CT molecular complexity index is 902. The third kappa shape index (κ3) is 2.83. The molecule has 2 aromatic rings. The number of allylic oxidation sites excluding steroid dienone is 2. The van der Waals surface area contributed by atoms with Gasteiger partial charge in [-0.25, -0.2) is 0 Å². The summed E-state index contributed by atoms with van der Waals surface area (Å²) < 4.78 is 1.84. The molecule has 2 aromatic heterocycles. The van der Waals surface area contributed by atoms with E-state index in [9.17, 15) is 0 Å². The Kier molecular flexibility index (Phi) is 3.77. The first-order valence-electron chi connectivity index (χ1n) is 10.9. The number of aromatic nitrogens is 4. The second-order valence-electron chi connectivity index (χ2n) is 9.67. The predicted molar refractivity (Wildman–Crippen MR) is 108 cm³/mol. The van der Waals surface area contributed by atoms with Crippen molar-refractivity contribution in [3.8, 4) is 11.3 Å². The molecule has 1 saturated heterocycles. The van der Waals surface area contributed by atoms with Crippen LogP contribution in [0.2, 0.25) is 0 Å². The first-order chi connectivity index (χ1) is 13.6. The molecule has 0 aromatic carbocycles. The molecule has 5 heteroatoms. The molecule has 2 bridgehead atoms. The van der Waals surface area contributed by atoms with E-state index < -0.39 is 0 Å². The lowest BCUT2D eigenvalue weighted by atomic mass is 9.93. The lowest BCUT2D eigenvalue weighted by Gasteiger charge is -2.26. The Morgan fingerprint density at radius 1 is 1.07 bits per heavy atom. The van der Waals surface area contributed by atoms with Crippen LogP contribution < -0.4 is 0 Å². The van der Waals surface area contributed by atoms with E-state index in [4.69, 9.17) is 0 Å². The topological polar surface area (TPSA) is 46.8 Å². The second-order valence-corrected chi connectivity index (χ2v) is 9.67. The van der Waals surface area contributed by atoms with Crippen LogP contribution in [0.1, 0.15) is 24.2 Å². The molecule has 146 valence electrons. The molecule has 6 atom stereocenters. The Labute approximate surface area is 166 Å². The quantitative estimate of drug-likeness (QED) is 0.754. The number of hydrogen-bond acceptors (Lipinski definition) is 4. The van der Waals surface area contributed by atoms with Gasteiger partial charge in [0.2, 0.25) is 0 Å². The van der Waals surface area contributed by atoms with Gasteiger partial charge in [0.05, 0.1) is 17.1 Å². The number of nitrogens with zero attached hydrogens (tertiary/aromatic N) is 5. The van der Waals surface area contributed by atoms with Gasteiger partial charge in [0.1, 0.15) is 0 Å². The highest BCUT2D eigenvalue weighted by Crippen LogP contribution is 2.54. The number of piperidine rings is 1. The molecule has 1 aliphatic heterocycles. The van der Waals surface area contributed by atoms with Gasteiger partial charge in [-0.05, 0) is 73.8 Å². The highest BCUT2D eigenvalue weighted by atomic mass is 15.3. The van der Waals surface area contributed by atoms with Crippen LogP contribution in [0.5, 0.6) is 0 Å². The number of aryl methyl sites for hydroxylation is 2. The van der Waals surface area contributed by atoms with Crippen molar-refractivity contribution < 1.29 is 0 Å². The fourth-order valence-electron chi connectivity index (χ4n) is 6.33. The number of hydrogen-bond donors (Lipinski definition) is 0. The van der Waals surface area contributed by atoms with E-state index in [0.717, 1.165) is 64.6 Å². The normalized spacial score (nSPS) is 35.6. The maximum atomic E-state index is 4.53. The molecule has 3 fully saturated rings. The van der Waals surface area contributed by atoms with Gasteiger partial charge in [-0.2, -0.15) is 15.3 Å². The van der Waals surface area contributed by atoms with E-state index in [1.54, 1.807) is 0 Å². The molecule has 3 heterocycles. The van der Waals surface area contributed by atoms with Crippen molar-refractivity contribution in [2.24, 2.45) is 42.6 Å². The van der Waals surface area contributed by atoms with Crippen LogP contribution in [0.25, 0.3) is 11.3 Å². The van der Waals surface area contributed by atoms with Crippen LogP contribution in [0.15, 0.2) is 30.5 Å². The van der Waals surface area contributed by atoms with Crippen LogP contribution in [0.3, 0.4) is 0 Å². The highest BCUT2D eigenvalue weighted by molar-refractivity contribution is 5.60. The van der Waals surface area contributed by atoms with Crippen molar-refractivity contribution in [1.29, 1.82) is 0 Å². The fraction of sp³-hybridized carbons (Fsp3) is 0.609. The van der Waals surface area contributed by atoms with Crippen LogP contribution >= 0.6 is 0 Å². The van der Waals surface area contributed by atoms with Gasteiger partial charge in [-0.15, -0.1) is 0 Å². The summed E-state index contributed by atoms with van der Waals surface area (Å²) in [7, 11) is 1.95. The Morgan fingerprint density at radius 3 is 2.54 bits per heavy atom. The van der Waals surface area contributed by atoms with Crippen molar-refractivity contribution in [1.82, 2.24) is 24.9 Å². The third-order valence-corrected chi connectivity index (χ3v) is 7.81. The molecule has 3 aliphatic carbocycles. The van der Waals surface area contributed by atoms with Gasteiger partial charge in [0, 0.05) is 38.4 Å². The first-order valence-corrected chi connectivity index (χ1v) is 10.9. The predicted octanol–water partition coefficient (Wildman–Crippen LogP) is 3.12. The molecule has 2 saturated carbocycles. The zero-order valence-corrected chi connectivity index (χ0v) is 16.8. The molecule has 0 N–H and O–H groups in total.